The van der Waals surface area contributed by atoms with Gasteiger partial charge >= 0.3 is 0 Å². The first kappa shape index (κ1) is 18.7. The first-order valence-corrected chi connectivity index (χ1v) is 8.92. The Morgan fingerprint density at radius 2 is 1.89 bits per heavy atom. The highest BCUT2D eigenvalue weighted by Crippen LogP contribution is 2.23. The number of aromatic nitrogens is 1. The van der Waals surface area contributed by atoms with Crippen LogP contribution in [0.3, 0.4) is 0 Å². The normalized spacial score (nSPS) is 10.3. The highest BCUT2D eigenvalue weighted by molar-refractivity contribution is 6.30. The fraction of sp³-hybridized carbons (Fsp3) is 0.143. The molecule has 1 amide bonds. The molecule has 0 fully saturated rings. The van der Waals surface area contributed by atoms with E-state index in [-0.39, 0.29) is 5.91 Å². The van der Waals surface area contributed by atoms with Gasteiger partial charge in [0.25, 0.3) is 5.91 Å². The Balaban J connectivity index is 1.60. The van der Waals surface area contributed by atoms with E-state index in [1.807, 2.05) is 42.5 Å². The van der Waals surface area contributed by atoms with E-state index in [2.05, 4.69) is 15.6 Å². The summed E-state index contributed by atoms with van der Waals surface area (Å²) >= 11 is 5.90. The number of pyridine rings is 1. The molecule has 5 nitrogen and oxygen atoms in total. The van der Waals surface area contributed by atoms with Crippen molar-refractivity contribution < 1.29 is 9.53 Å². The molecule has 0 radical (unpaired) electrons. The van der Waals surface area contributed by atoms with Crippen LogP contribution in [0.1, 0.15) is 16.1 Å². The van der Waals surface area contributed by atoms with Crippen molar-refractivity contribution in [2.45, 2.75) is 6.42 Å². The van der Waals surface area contributed by atoms with Gasteiger partial charge in [-0.05, 0) is 48.4 Å². The minimum atomic E-state index is -0.291. The smallest absolute Gasteiger partial charge is 0.274 e. The van der Waals surface area contributed by atoms with E-state index in [1.165, 1.54) is 5.56 Å². The van der Waals surface area contributed by atoms with Crippen LogP contribution in [0.2, 0.25) is 5.02 Å². The van der Waals surface area contributed by atoms with Crippen molar-refractivity contribution in [2.24, 2.45) is 0 Å². The maximum atomic E-state index is 12.5. The van der Waals surface area contributed by atoms with Gasteiger partial charge in [0, 0.05) is 23.5 Å². The van der Waals surface area contributed by atoms with Crippen molar-refractivity contribution in [3.8, 4) is 5.75 Å². The van der Waals surface area contributed by atoms with E-state index in [9.17, 15) is 4.79 Å². The number of methoxy groups -OCH3 is 1. The number of para-hydroxylation sites is 2. The molecule has 2 aromatic carbocycles. The summed E-state index contributed by atoms with van der Waals surface area (Å²) < 4.78 is 5.25. The topological polar surface area (TPSA) is 63.2 Å². The molecule has 6 heteroatoms. The average Bonchev–Trinajstić information content (AvgIpc) is 2.70. The van der Waals surface area contributed by atoms with Crippen molar-refractivity contribution in [3.05, 3.63) is 83.1 Å². The monoisotopic (exact) mass is 381 g/mol. The summed E-state index contributed by atoms with van der Waals surface area (Å²) in [5, 5.41) is 6.87. The largest absolute Gasteiger partial charge is 0.495 e. The second-order valence-corrected chi connectivity index (χ2v) is 6.32. The fourth-order valence-corrected chi connectivity index (χ4v) is 2.73. The number of carbonyl (C=O) groups excluding carboxylic acids is 1. The minimum absolute atomic E-state index is 0.291. The molecule has 0 bridgehead atoms. The maximum Gasteiger partial charge on any atom is 0.274 e. The zero-order valence-corrected chi connectivity index (χ0v) is 15.7. The van der Waals surface area contributed by atoms with E-state index in [4.69, 9.17) is 16.3 Å². The Hall–Kier alpha value is -3.05. The van der Waals surface area contributed by atoms with Crippen LogP contribution in [0.4, 0.5) is 11.4 Å². The summed E-state index contributed by atoms with van der Waals surface area (Å²) in [5.41, 5.74) is 2.96. The van der Waals surface area contributed by atoms with Gasteiger partial charge in [-0.2, -0.15) is 0 Å². The second-order valence-electron chi connectivity index (χ2n) is 5.89. The molecule has 0 saturated heterocycles. The number of benzene rings is 2. The van der Waals surface area contributed by atoms with E-state index in [0.29, 0.717) is 17.1 Å². The minimum Gasteiger partial charge on any atom is -0.495 e. The Bertz CT molecular complexity index is 913. The molecule has 0 aliphatic heterocycles. The van der Waals surface area contributed by atoms with Crippen LogP contribution >= 0.6 is 11.6 Å². The lowest BCUT2D eigenvalue weighted by Crippen LogP contribution is -2.15. The molecule has 1 heterocycles. The van der Waals surface area contributed by atoms with Crippen LogP contribution in [0.15, 0.2) is 66.9 Å². The van der Waals surface area contributed by atoms with Gasteiger partial charge in [0.1, 0.15) is 11.4 Å². The second kappa shape index (κ2) is 9.05. The van der Waals surface area contributed by atoms with Crippen molar-refractivity contribution in [2.75, 3.05) is 24.3 Å². The summed E-state index contributed by atoms with van der Waals surface area (Å²) in [4.78, 5) is 16.7. The molecule has 3 aromatic rings. The molecule has 27 heavy (non-hydrogen) atoms. The summed E-state index contributed by atoms with van der Waals surface area (Å²) in [6.45, 7) is 0.735. The quantitative estimate of drug-likeness (QED) is 0.625. The van der Waals surface area contributed by atoms with Crippen molar-refractivity contribution >= 4 is 28.9 Å². The number of amides is 1. The van der Waals surface area contributed by atoms with Gasteiger partial charge in [0.15, 0.2) is 0 Å². The van der Waals surface area contributed by atoms with Crippen molar-refractivity contribution in [1.82, 2.24) is 4.98 Å². The molecule has 3 rings (SSSR count). The number of carbonyl (C=O) groups is 1. The molecule has 0 aliphatic carbocycles. The number of ether oxygens (including phenoxy) is 1. The van der Waals surface area contributed by atoms with Crippen LogP contribution in [0.5, 0.6) is 5.75 Å². The molecule has 0 atom stereocenters. The van der Waals surface area contributed by atoms with Gasteiger partial charge in [-0.25, -0.2) is 0 Å². The third kappa shape index (κ3) is 5.21. The number of nitrogens with zero attached hydrogens (tertiary/aromatic N) is 1. The average molecular weight is 382 g/mol. The van der Waals surface area contributed by atoms with Gasteiger partial charge in [-0.1, -0.05) is 35.9 Å². The predicted octanol–water partition coefficient (Wildman–Crippen LogP) is 4.65. The van der Waals surface area contributed by atoms with Gasteiger partial charge in [-0.3, -0.25) is 9.78 Å². The number of halogens is 1. The van der Waals surface area contributed by atoms with Crippen LogP contribution in [-0.4, -0.2) is 24.5 Å². The maximum absolute atomic E-state index is 12.5. The predicted molar refractivity (Wildman–Crippen MR) is 109 cm³/mol. The van der Waals surface area contributed by atoms with Gasteiger partial charge in [0.2, 0.25) is 0 Å². The van der Waals surface area contributed by atoms with Crippen LogP contribution in [0.25, 0.3) is 0 Å². The summed E-state index contributed by atoms with van der Waals surface area (Å²) in [7, 11) is 1.56. The lowest BCUT2D eigenvalue weighted by Gasteiger charge is -2.11. The molecule has 0 saturated carbocycles. The van der Waals surface area contributed by atoms with E-state index < -0.39 is 0 Å². The molecule has 0 spiro atoms. The highest BCUT2D eigenvalue weighted by atomic mass is 35.5. The standard InChI is InChI=1S/C21H20ClN3O2/c1-27-20-5-3-2-4-18(20)25-21(26)19-14-17(11-13-24-19)23-12-10-15-6-8-16(22)9-7-15/h2-9,11,13-14H,10,12H2,1H3,(H,23,24)(H,25,26). The highest BCUT2D eigenvalue weighted by Gasteiger charge is 2.11. The third-order valence-corrected chi connectivity index (χ3v) is 4.26. The van der Waals surface area contributed by atoms with Crippen molar-refractivity contribution in [1.29, 1.82) is 0 Å². The van der Waals surface area contributed by atoms with Crippen LogP contribution in [0, 0.1) is 0 Å². The number of anilines is 2. The summed E-state index contributed by atoms with van der Waals surface area (Å²) in [6, 6.07) is 18.6. The van der Waals surface area contributed by atoms with Gasteiger partial charge < -0.3 is 15.4 Å². The number of rotatable bonds is 7. The van der Waals surface area contributed by atoms with E-state index in [0.717, 1.165) is 23.7 Å². The molecule has 138 valence electrons. The molecule has 0 unspecified atom stereocenters. The van der Waals surface area contributed by atoms with E-state index >= 15 is 0 Å². The molecular formula is C21H20ClN3O2. The lowest BCUT2D eigenvalue weighted by molar-refractivity contribution is 0.102. The van der Waals surface area contributed by atoms with Crippen LogP contribution < -0.4 is 15.4 Å². The Morgan fingerprint density at radius 3 is 2.67 bits per heavy atom. The lowest BCUT2D eigenvalue weighted by atomic mass is 10.1. The van der Waals surface area contributed by atoms with Crippen LogP contribution in [-0.2, 0) is 6.42 Å². The fourth-order valence-electron chi connectivity index (χ4n) is 2.60. The molecule has 2 N–H and O–H groups in total. The first-order valence-electron chi connectivity index (χ1n) is 8.54. The first-order chi connectivity index (χ1) is 13.2. The van der Waals surface area contributed by atoms with E-state index in [1.54, 1.807) is 31.5 Å². The molecule has 1 aromatic heterocycles. The number of hydrogen-bond donors (Lipinski definition) is 2. The Morgan fingerprint density at radius 1 is 1.11 bits per heavy atom. The Labute approximate surface area is 163 Å². The van der Waals surface area contributed by atoms with Crippen molar-refractivity contribution in [3.63, 3.8) is 0 Å². The molecule has 0 aliphatic rings. The summed E-state index contributed by atoms with van der Waals surface area (Å²) in [6.07, 6.45) is 2.46. The number of nitrogens with one attached hydrogen (secondary N) is 2. The number of hydrogen-bond acceptors (Lipinski definition) is 4. The molecular weight excluding hydrogens is 362 g/mol. The van der Waals surface area contributed by atoms with Gasteiger partial charge in [-0.15, -0.1) is 0 Å². The zero-order valence-electron chi connectivity index (χ0n) is 14.9. The third-order valence-electron chi connectivity index (χ3n) is 4.00. The zero-order chi connectivity index (χ0) is 19.1. The Kier molecular flexibility index (Phi) is 6.28. The van der Waals surface area contributed by atoms with Gasteiger partial charge in [0.05, 0.1) is 12.8 Å². The SMILES string of the molecule is COc1ccccc1NC(=O)c1cc(NCCc2ccc(Cl)cc2)ccn1. The summed E-state index contributed by atoms with van der Waals surface area (Å²) in [5.74, 6) is 0.309.